The van der Waals surface area contributed by atoms with Gasteiger partial charge in [0.2, 0.25) is 0 Å². The van der Waals surface area contributed by atoms with Crippen molar-refractivity contribution in [3.8, 4) is 0 Å². The molecular weight excluding hydrogens is 132 g/mol. The number of ether oxygens (including phenoxy) is 1. The van der Waals surface area contributed by atoms with Gasteiger partial charge in [0.25, 0.3) is 0 Å². The van der Waals surface area contributed by atoms with Gasteiger partial charge in [0.1, 0.15) is 0 Å². The zero-order valence-electron chi connectivity index (χ0n) is 6.42. The van der Waals surface area contributed by atoms with Crippen LogP contribution < -0.4 is 0 Å². The van der Waals surface area contributed by atoms with E-state index in [1.807, 2.05) is 13.8 Å². The average molecular weight is 144 g/mol. The topological polar surface area (TPSA) is 46.5 Å². The Kier molecular flexibility index (Phi) is 1.47. The summed E-state index contributed by atoms with van der Waals surface area (Å²) in [5, 5.41) is 8.72. The number of aliphatic carboxylic acids is 1. The molecule has 2 atom stereocenters. The molecule has 0 aromatic carbocycles. The molecule has 0 aromatic heterocycles. The van der Waals surface area contributed by atoms with Gasteiger partial charge in [0.05, 0.1) is 0 Å². The maximum absolute atomic E-state index is 10.6. The Bertz CT molecular complexity index is 156. The van der Waals surface area contributed by atoms with E-state index in [1.165, 1.54) is 7.11 Å². The van der Waals surface area contributed by atoms with E-state index >= 15 is 0 Å². The number of carboxylic acids is 1. The van der Waals surface area contributed by atoms with Crippen molar-refractivity contribution in [1.82, 2.24) is 0 Å². The highest BCUT2D eigenvalue weighted by Gasteiger charge is 2.66. The molecule has 0 radical (unpaired) electrons. The van der Waals surface area contributed by atoms with Gasteiger partial charge < -0.3 is 9.84 Å². The van der Waals surface area contributed by atoms with E-state index in [4.69, 9.17) is 9.84 Å². The van der Waals surface area contributed by atoms with Gasteiger partial charge in [0.15, 0.2) is 5.60 Å². The minimum atomic E-state index is -0.875. The highest BCUT2D eigenvalue weighted by Crippen LogP contribution is 2.52. The molecule has 10 heavy (non-hydrogen) atoms. The lowest BCUT2D eigenvalue weighted by Crippen LogP contribution is -2.28. The van der Waals surface area contributed by atoms with Crippen LogP contribution in [0.1, 0.15) is 13.8 Å². The molecule has 3 nitrogen and oxygen atoms in total. The van der Waals surface area contributed by atoms with Crippen LogP contribution in [0.15, 0.2) is 0 Å². The van der Waals surface area contributed by atoms with Crippen LogP contribution in [0.2, 0.25) is 0 Å². The van der Waals surface area contributed by atoms with Gasteiger partial charge >= 0.3 is 5.97 Å². The van der Waals surface area contributed by atoms with Gasteiger partial charge in [-0.15, -0.1) is 0 Å². The van der Waals surface area contributed by atoms with E-state index in [2.05, 4.69) is 0 Å². The molecule has 3 heteroatoms. The number of rotatable bonds is 2. The summed E-state index contributed by atoms with van der Waals surface area (Å²) in [6.07, 6.45) is 0. The van der Waals surface area contributed by atoms with Crippen LogP contribution in [0.25, 0.3) is 0 Å². The Morgan fingerprint density at radius 1 is 1.50 bits per heavy atom. The quantitative estimate of drug-likeness (QED) is 0.621. The SMILES string of the molecule is COC1(C(=O)O)C(C)C1C. The Hall–Kier alpha value is -0.570. The van der Waals surface area contributed by atoms with Crippen LogP contribution >= 0.6 is 0 Å². The van der Waals surface area contributed by atoms with Gasteiger partial charge in [-0.2, -0.15) is 0 Å². The molecule has 58 valence electrons. The summed E-state index contributed by atoms with van der Waals surface area (Å²) in [6.45, 7) is 3.78. The van der Waals surface area contributed by atoms with E-state index in [0.29, 0.717) is 0 Å². The predicted octanol–water partition coefficient (Wildman–Crippen LogP) is 0.742. The maximum atomic E-state index is 10.6. The Labute approximate surface area is 60.0 Å². The summed E-state index contributed by atoms with van der Waals surface area (Å²) in [6, 6.07) is 0. The Morgan fingerprint density at radius 2 is 1.90 bits per heavy atom. The van der Waals surface area contributed by atoms with Crippen molar-refractivity contribution in [3.05, 3.63) is 0 Å². The van der Waals surface area contributed by atoms with Crippen molar-refractivity contribution < 1.29 is 14.6 Å². The summed E-state index contributed by atoms with van der Waals surface area (Å²) >= 11 is 0. The molecule has 1 fully saturated rings. The molecule has 0 amide bonds. The molecule has 1 saturated carbocycles. The van der Waals surface area contributed by atoms with E-state index in [-0.39, 0.29) is 11.8 Å². The molecule has 1 aliphatic carbocycles. The smallest absolute Gasteiger partial charge is 0.336 e. The predicted molar refractivity (Wildman–Crippen MR) is 35.7 cm³/mol. The largest absolute Gasteiger partial charge is 0.479 e. The number of hydrogen-bond donors (Lipinski definition) is 1. The molecule has 0 aliphatic heterocycles. The summed E-state index contributed by atoms with van der Waals surface area (Å²) in [4.78, 5) is 10.6. The monoisotopic (exact) mass is 144 g/mol. The fourth-order valence-electron chi connectivity index (χ4n) is 1.59. The zero-order valence-corrected chi connectivity index (χ0v) is 6.42. The minimum Gasteiger partial charge on any atom is -0.479 e. The van der Waals surface area contributed by atoms with Crippen LogP contribution in [0.5, 0.6) is 0 Å². The molecule has 1 aliphatic rings. The van der Waals surface area contributed by atoms with Crippen LogP contribution in [-0.4, -0.2) is 23.8 Å². The molecular formula is C7H12O3. The summed E-state index contributed by atoms with van der Waals surface area (Å²) in [5.74, 6) is -0.542. The first-order chi connectivity index (χ1) is 4.57. The number of carboxylic acid groups (broad SMARTS) is 1. The van der Waals surface area contributed by atoms with Gasteiger partial charge in [-0.05, 0) is 0 Å². The van der Waals surface area contributed by atoms with Crippen molar-refractivity contribution in [3.63, 3.8) is 0 Å². The third kappa shape index (κ3) is 0.611. The molecule has 2 unspecified atom stereocenters. The molecule has 0 saturated heterocycles. The second-order valence-electron chi connectivity index (χ2n) is 2.88. The van der Waals surface area contributed by atoms with Crippen molar-refractivity contribution in [2.45, 2.75) is 19.4 Å². The van der Waals surface area contributed by atoms with Crippen molar-refractivity contribution in [1.29, 1.82) is 0 Å². The van der Waals surface area contributed by atoms with Crippen LogP contribution in [0.3, 0.4) is 0 Å². The van der Waals surface area contributed by atoms with E-state index < -0.39 is 11.6 Å². The fourth-order valence-corrected chi connectivity index (χ4v) is 1.59. The lowest BCUT2D eigenvalue weighted by molar-refractivity contribution is -0.153. The van der Waals surface area contributed by atoms with E-state index in [0.717, 1.165) is 0 Å². The third-order valence-corrected chi connectivity index (χ3v) is 2.67. The summed E-state index contributed by atoms with van der Waals surface area (Å²) in [7, 11) is 1.45. The zero-order chi connectivity index (χ0) is 7.94. The molecule has 0 bridgehead atoms. The van der Waals surface area contributed by atoms with Crippen molar-refractivity contribution in [2.24, 2.45) is 11.8 Å². The van der Waals surface area contributed by atoms with Crippen molar-refractivity contribution in [2.75, 3.05) is 7.11 Å². The fraction of sp³-hybridized carbons (Fsp3) is 0.857. The van der Waals surface area contributed by atoms with Crippen molar-refractivity contribution >= 4 is 5.97 Å². The highest BCUT2D eigenvalue weighted by molar-refractivity contribution is 5.82. The van der Waals surface area contributed by atoms with Gasteiger partial charge in [-0.1, -0.05) is 13.8 Å². The molecule has 0 spiro atoms. The Balaban J connectivity index is 2.75. The van der Waals surface area contributed by atoms with Crippen LogP contribution in [-0.2, 0) is 9.53 Å². The maximum Gasteiger partial charge on any atom is 0.336 e. The highest BCUT2D eigenvalue weighted by atomic mass is 16.5. The molecule has 1 rings (SSSR count). The first-order valence-electron chi connectivity index (χ1n) is 3.36. The summed E-state index contributed by atoms with van der Waals surface area (Å²) in [5.41, 5.74) is -0.875. The normalized spacial score (nSPS) is 45.1. The molecule has 1 N–H and O–H groups in total. The van der Waals surface area contributed by atoms with E-state index in [1.54, 1.807) is 0 Å². The third-order valence-electron chi connectivity index (χ3n) is 2.67. The first-order valence-corrected chi connectivity index (χ1v) is 3.36. The second kappa shape index (κ2) is 1.95. The lowest BCUT2D eigenvalue weighted by Gasteiger charge is -2.07. The van der Waals surface area contributed by atoms with Gasteiger partial charge in [-0.25, -0.2) is 4.79 Å². The van der Waals surface area contributed by atoms with Crippen LogP contribution in [0.4, 0.5) is 0 Å². The second-order valence-corrected chi connectivity index (χ2v) is 2.88. The number of hydrogen-bond acceptors (Lipinski definition) is 2. The number of methoxy groups -OCH3 is 1. The first kappa shape index (κ1) is 7.54. The number of carbonyl (C=O) groups is 1. The standard InChI is InChI=1S/C7H12O3/c1-4-5(2)7(4,10-3)6(8)9/h4-5H,1-3H3,(H,8,9). The molecule has 0 aromatic rings. The lowest BCUT2D eigenvalue weighted by atomic mass is 10.2. The van der Waals surface area contributed by atoms with E-state index in [9.17, 15) is 4.79 Å². The van der Waals surface area contributed by atoms with Crippen LogP contribution in [0, 0.1) is 11.8 Å². The molecule has 0 heterocycles. The average Bonchev–Trinajstić information content (AvgIpc) is 2.38. The summed E-state index contributed by atoms with van der Waals surface area (Å²) < 4.78 is 4.94. The van der Waals surface area contributed by atoms with Gasteiger partial charge in [-0.3, -0.25) is 0 Å². The minimum absolute atomic E-state index is 0.148. The van der Waals surface area contributed by atoms with Gasteiger partial charge in [0, 0.05) is 18.9 Å². The Morgan fingerprint density at radius 3 is 1.90 bits per heavy atom.